The van der Waals surface area contributed by atoms with Gasteiger partial charge in [-0.05, 0) is 43.8 Å². The fourth-order valence-corrected chi connectivity index (χ4v) is 3.45. The van der Waals surface area contributed by atoms with Crippen LogP contribution in [0.25, 0.3) is 0 Å². The van der Waals surface area contributed by atoms with Gasteiger partial charge >= 0.3 is 0 Å². The lowest BCUT2D eigenvalue weighted by molar-refractivity contribution is -0.123. The number of hydrogen-bond donors (Lipinski definition) is 3. The Bertz CT molecular complexity index is 509. The van der Waals surface area contributed by atoms with Crippen LogP contribution < -0.4 is 16.4 Å². The van der Waals surface area contributed by atoms with Crippen molar-refractivity contribution >= 4 is 47.2 Å². The lowest BCUT2D eigenvalue weighted by Crippen LogP contribution is -2.42. The van der Waals surface area contributed by atoms with Gasteiger partial charge in [-0.3, -0.25) is 9.79 Å². The third kappa shape index (κ3) is 7.35. The molecule has 8 heteroatoms. The van der Waals surface area contributed by atoms with E-state index in [2.05, 4.69) is 38.0 Å². The number of guanidine groups is 1. The van der Waals surface area contributed by atoms with E-state index in [1.807, 2.05) is 0 Å². The second-order valence-electron chi connectivity index (χ2n) is 5.83. The number of hydrogen-bond acceptors (Lipinski definition) is 4. The summed E-state index contributed by atoms with van der Waals surface area (Å²) in [6.45, 7) is 4.51. The van der Waals surface area contributed by atoms with Crippen LogP contribution in [0.3, 0.4) is 0 Å². The Morgan fingerprint density at radius 1 is 1.50 bits per heavy atom. The Balaban J connectivity index is 0.00000288. The van der Waals surface area contributed by atoms with Gasteiger partial charge in [0.15, 0.2) is 5.96 Å². The van der Waals surface area contributed by atoms with Gasteiger partial charge in [0.1, 0.15) is 0 Å². The molecule has 1 aliphatic rings. The third-order valence-electron chi connectivity index (χ3n) is 4.09. The molecule has 1 unspecified atom stereocenters. The number of primary amides is 1. The first kappa shape index (κ1) is 21.2. The van der Waals surface area contributed by atoms with E-state index in [1.54, 1.807) is 18.4 Å². The molecule has 0 saturated carbocycles. The summed E-state index contributed by atoms with van der Waals surface area (Å²) in [5.41, 5.74) is 5.41. The number of thiophene rings is 1. The normalized spacial score (nSPS) is 18.7. The summed E-state index contributed by atoms with van der Waals surface area (Å²) >= 11 is 1.74. The van der Waals surface area contributed by atoms with Gasteiger partial charge in [0, 0.05) is 25.0 Å². The molecule has 24 heavy (non-hydrogen) atoms. The minimum atomic E-state index is -0.161. The average Bonchev–Trinajstić information content (AvgIpc) is 3.08. The van der Waals surface area contributed by atoms with Gasteiger partial charge in [0.05, 0.1) is 12.5 Å². The third-order valence-corrected chi connectivity index (χ3v) is 4.96. The molecule has 136 valence electrons. The first-order chi connectivity index (χ1) is 11.2. The van der Waals surface area contributed by atoms with Crippen molar-refractivity contribution in [3.8, 4) is 0 Å². The molecule has 2 rings (SSSR count). The van der Waals surface area contributed by atoms with Crippen molar-refractivity contribution in [2.75, 3.05) is 33.2 Å². The quantitative estimate of drug-likeness (QED) is 0.248. The Kier molecular flexibility index (Phi) is 10.3. The van der Waals surface area contributed by atoms with E-state index >= 15 is 0 Å². The number of halogens is 1. The van der Waals surface area contributed by atoms with Crippen LogP contribution in [0.15, 0.2) is 22.5 Å². The molecule has 1 aromatic rings. The maximum atomic E-state index is 11.3. The largest absolute Gasteiger partial charge is 0.369 e. The van der Waals surface area contributed by atoms with Gasteiger partial charge < -0.3 is 21.3 Å². The van der Waals surface area contributed by atoms with Crippen molar-refractivity contribution in [1.82, 2.24) is 15.5 Å². The molecule has 1 aliphatic heterocycles. The summed E-state index contributed by atoms with van der Waals surface area (Å²) in [5.74, 6) is 0.690. The minimum absolute atomic E-state index is 0. The SMILES string of the molecule is CN=C(NCCCN1CCCC(C(N)=O)C1)NCc1cccs1.I. The highest BCUT2D eigenvalue weighted by molar-refractivity contribution is 14.0. The summed E-state index contributed by atoms with van der Waals surface area (Å²) in [5, 5.41) is 8.71. The van der Waals surface area contributed by atoms with Crippen LogP contribution in [-0.4, -0.2) is 50.0 Å². The van der Waals surface area contributed by atoms with Crippen LogP contribution in [0.5, 0.6) is 0 Å². The second kappa shape index (κ2) is 11.6. The minimum Gasteiger partial charge on any atom is -0.369 e. The number of carbonyl (C=O) groups is 1. The summed E-state index contributed by atoms with van der Waals surface area (Å²) in [7, 11) is 1.78. The second-order valence-corrected chi connectivity index (χ2v) is 6.86. The van der Waals surface area contributed by atoms with Crippen molar-refractivity contribution in [2.24, 2.45) is 16.6 Å². The predicted octanol–water partition coefficient (Wildman–Crippen LogP) is 1.62. The van der Waals surface area contributed by atoms with Crippen LogP contribution in [0, 0.1) is 5.92 Å². The molecule has 0 radical (unpaired) electrons. The molecule has 2 heterocycles. The van der Waals surface area contributed by atoms with Gasteiger partial charge in [-0.2, -0.15) is 0 Å². The van der Waals surface area contributed by atoms with Gasteiger partial charge in [-0.15, -0.1) is 35.3 Å². The van der Waals surface area contributed by atoms with Gasteiger partial charge in [-0.1, -0.05) is 6.07 Å². The number of carbonyl (C=O) groups excluding carboxylic acids is 1. The fourth-order valence-electron chi connectivity index (χ4n) is 2.80. The van der Waals surface area contributed by atoms with Crippen LogP contribution in [0.2, 0.25) is 0 Å². The maximum absolute atomic E-state index is 11.3. The van der Waals surface area contributed by atoms with Crippen molar-refractivity contribution in [3.05, 3.63) is 22.4 Å². The number of rotatable bonds is 7. The first-order valence-electron chi connectivity index (χ1n) is 8.17. The van der Waals surface area contributed by atoms with Crippen molar-refractivity contribution in [1.29, 1.82) is 0 Å². The molecule has 0 aliphatic carbocycles. The number of piperidine rings is 1. The number of amides is 1. The number of nitrogens with two attached hydrogens (primary N) is 1. The summed E-state index contributed by atoms with van der Waals surface area (Å²) in [6, 6.07) is 4.16. The lowest BCUT2D eigenvalue weighted by Gasteiger charge is -2.31. The Labute approximate surface area is 165 Å². The molecular formula is C16H28IN5OS. The molecule has 4 N–H and O–H groups in total. The molecule has 6 nitrogen and oxygen atoms in total. The number of likely N-dealkylation sites (tertiary alicyclic amines) is 1. The smallest absolute Gasteiger partial charge is 0.221 e. The van der Waals surface area contributed by atoms with Crippen molar-refractivity contribution in [3.63, 3.8) is 0 Å². The highest BCUT2D eigenvalue weighted by Crippen LogP contribution is 2.15. The van der Waals surface area contributed by atoms with E-state index in [0.29, 0.717) is 0 Å². The fraction of sp³-hybridized carbons (Fsp3) is 0.625. The molecule has 1 amide bonds. The molecule has 1 fully saturated rings. The van der Waals surface area contributed by atoms with Crippen LogP contribution in [0.4, 0.5) is 0 Å². The highest BCUT2D eigenvalue weighted by Gasteiger charge is 2.23. The van der Waals surface area contributed by atoms with E-state index in [-0.39, 0.29) is 35.8 Å². The molecule has 0 bridgehead atoms. The Morgan fingerprint density at radius 2 is 2.33 bits per heavy atom. The first-order valence-corrected chi connectivity index (χ1v) is 9.05. The Morgan fingerprint density at radius 3 is 3.00 bits per heavy atom. The molecule has 1 saturated heterocycles. The zero-order chi connectivity index (χ0) is 16.5. The standard InChI is InChI=1S/C16H27N5OS.HI/c1-18-16(20-11-14-6-3-10-23-14)19-7-4-9-21-8-2-5-13(12-21)15(17)22;/h3,6,10,13H,2,4-5,7-9,11-12H2,1H3,(H2,17,22)(H2,18,19,20);1H. The molecule has 1 atom stereocenters. The van der Waals surface area contributed by atoms with Crippen LogP contribution >= 0.6 is 35.3 Å². The molecule has 0 spiro atoms. The summed E-state index contributed by atoms with van der Waals surface area (Å²) in [6.07, 6.45) is 3.01. The van der Waals surface area contributed by atoms with Crippen LogP contribution in [0.1, 0.15) is 24.1 Å². The van der Waals surface area contributed by atoms with E-state index in [1.165, 1.54) is 4.88 Å². The molecular weight excluding hydrogens is 437 g/mol. The number of nitrogens with zero attached hydrogens (tertiary/aromatic N) is 2. The van der Waals surface area contributed by atoms with E-state index in [0.717, 1.165) is 57.9 Å². The number of nitrogens with one attached hydrogen (secondary N) is 2. The van der Waals surface area contributed by atoms with Crippen LogP contribution in [-0.2, 0) is 11.3 Å². The predicted molar refractivity (Wildman–Crippen MR) is 111 cm³/mol. The lowest BCUT2D eigenvalue weighted by atomic mass is 9.97. The maximum Gasteiger partial charge on any atom is 0.221 e. The topological polar surface area (TPSA) is 82.8 Å². The van der Waals surface area contributed by atoms with Crippen molar-refractivity contribution < 1.29 is 4.79 Å². The number of aliphatic imine (C=N–C) groups is 1. The zero-order valence-electron chi connectivity index (χ0n) is 14.2. The summed E-state index contributed by atoms with van der Waals surface area (Å²) < 4.78 is 0. The Hall–Kier alpha value is -0.870. The van der Waals surface area contributed by atoms with E-state index < -0.39 is 0 Å². The zero-order valence-corrected chi connectivity index (χ0v) is 17.3. The van der Waals surface area contributed by atoms with E-state index in [9.17, 15) is 4.79 Å². The van der Waals surface area contributed by atoms with Gasteiger partial charge in [-0.25, -0.2) is 0 Å². The highest BCUT2D eigenvalue weighted by atomic mass is 127. The monoisotopic (exact) mass is 465 g/mol. The molecule has 1 aromatic heterocycles. The van der Waals surface area contributed by atoms with Crippen molar-refractivity contribution in [2.45, 2.75) is 25.8 Å². The summed E-state index contributed by atoms with van der Waals surface area (Å²) in [4.78, 5) is 19.1. The average molecular weight is 465 g/mol. The van der Waals surface area contributed by atoms with Gasteiger partial charge in [0.25, 0.3) is 0 Å². The van der Waals surface area contributed by atoms with Gasteiger partial charge in [0.2, 0.25) is 5.91 Å². The molecule has 0 aromatic carbocycles. The van der Waals surface area contributed by atoms with E-state index in [4.69, 9.17) is 5.73 Å².